The average Bonchev–Trinajstić information content (AvgIpc) is 2.16. The molecule has 0 saturated carbocycles. The molecule has 1 rings (SSSR count). The number of pyridine rings is 1. The topological polar surface area (TPSA) is 39.2 Å². The van der Waals surface area contributed by atoms with Gasteiger partial charge in [-0.15, -0.1) is 0 Å². The van der Waals surface area contributed by atoms with Crippen LogP contribution in [0.25, 0.3) is 0 Å². The van der Waals surface area contributed by atoms with E-state index in [1.807, 2.05) is 0 Å². The van der Waals surface area contributed by atoms with Crippen molar-refractivity contribution in [3.8, 4) is 0 Å². The minimum absolute atomic E-state index is 0.00252. The Morgan fingerprint density at radius 2 is 2.19 bits per heavy atom. The van der Waals surface area contributed by atoms with Gasteiger partial charge in [-0.05, 0) is 28.9 Å². The van der Waals surface area contributed by atoms with E-state index < -0.39 is 23.4 Å². The predicted octanol–water partition coefficient (Wildman–Crippen LogP) is 3.04. The second-order valence-electron chi connectivity index (χ2n) is 2.73. The lowest BCUT2D eigenvalue weighted by Gasteiger charge is -2.11. The van der Waals surface area contributed by atoms with Gasteiger partial charge in [0.05, 0.1) is 6.61 Å². The number of rotatable bonds is 2. The highest BCUT2D eigenvalue weighted by Gasteiger charge is 2.38. The number of hydrogen-bond donors (Lipinski definition) is 0. The molecule has 1 aromatic rings. The van der Waals surface area contributed by atoms with Crippen molar-refractivity contribution in [2.75, 3.05) is 6.61 Å². The van der Waals surface area contributed by atoms with E-state index in [1.165, 1.54) is 13.0 Å². The monoisotopic (exact) mass is 297 g/mol. The van der Waals surface area contributed by atoms with Crippen molar-refractivity contribution in [2.24, 2.45) is 0 Å². The SMILES string of the molecule is CCOC(=O)c1c(Br)ccnc1C(F)(F)F. The van der Waals surface area contributed by atoms with Gasteiger partial charge in [0.25, 0.3) is 0 Å². The zero-order valence-corrected chi connectivity index (χ0v) is 9.72. The zero-order chi connectivity index (χ0) is 12.3. The fourth-order valence-electron chi connectivity index (χ4n) is 1.05. The maximum atomic E-state index is 12.5. The Labute approximate surface area is 97.8 Å². The summed E-state index contributed by atoms with van der Waals surface area (Å²) in [7, 11) is 0. The Morgan fingerprint density at radius 1 is 1.56 bits per heavy atom. The standard InChI is InChI=1S/C9H7BrF3NO2/c1-2-16-8(15)6-5(10)3-4-14-7(6)9(11,12)13/h3-4H,2H2,1H3. The summed E-state index contributed by atoms with van der Waals surface area (Å²) in [4.78, 5) is 14.5. The molecule has 0 spiro atoms. The number of hydrogen-bond acceptors (Lipinski definition) is 3. The number of carbonyl (C=O) groups is 1. The molecule has 0 bridgehead atoms. The predicted molar refractivity (Wildman–Crippen MR) is 52.9 cm³/mol. The van der Waals surface area contributed by atoms with Crippen LogP contribution in [0.3, 0.4) is 0 Å². The van der Waals surface area contributed by atoms with Crippen LogP contribution in [0.1, 0.15) is 23.0 Å². The maximum Gasteiger partial charge on any atom is 0.434 e. The molecule has 0 radical (unpaired) electrons. The zero-order valence-electron chi connectivity index (χ0n) is 8.14. The minimum atomic E-state index is -4.69. The van der Waals surface area contributed by atoms with Gasteiger partial charge in [-0.1, -0.05) is 0 Å². The summed E-state index contributed by atoms with van der Waals surface area (Å²) in [6.07, 6.45) is -3.72. The number of nitrogens with zero attached hydrogens (tertiary/aromatic N) is 1. The minimum Gasteiger partial charge on any atom is -0.462 e. The van der Waals surface area contributed by atoms with E-state index >= 15 is 0 Å². The largest absolute Gasteiger partial charge is 0.462 e. The van der Waals surface area contributed by atoms with Crippen molar-refractivity contribution in [3.63, 3.8) is 0 Å². The summed E-state index contributed by atoms with van der Waals surface area (Å²) in [5, 5.41) is 0. The molecular formula is C9H7BrF3NO2. The number of aromatic nitrogens is 1. The van der Waals surface area contributed by atoms with Gasteiger partial charge in [0.15, 0.2) is 5.69 Å². The van der Waals surface area contributed by atoms with Crippen molar-refractivity contribution in [1.29, 1.82) is 0 Å². The molecule has 0 N–H and O–H groups in total. The van der Waals surface area contributed by atoms with Crippen molar-refractivity contribution in [3.05, 3.63) is 28.0 Å². The molecule has 88 valence electrons. The molecule has 0 saturated heterocycles. The normalized spacial score (nSPS) is 11.3. The lowest BCUT2D eigenvalue weighted by molar-refractivity contribution is -0.141. The van der Waals surface area contributed by atoms with Gasteiger partial charge < -0.3 is 4.74 Å². The van der Waals surface area contributed by atoms with E-state index in [0.29, 0.717) is 0 Å². The van der Waals surface area contributed by atoms with Gasteiger partial charge in [0.1, 0.15) is 5.56 Å². The van der Waals surface area contributed by atoms with Crippen LogP contribution < -0.4 is 0 Å². The highest BCUT2D eigenvalue weighted by molar-refractivity contribution is 9.10. The quantitative estimate of drug-likeness (QED) is 0.788. The summed E-state index contributed by atoms with van der Waals surface area (Å²) < 4.78 is 42.2. The molecule has 0 aromatic carbocycles. The van der Waals surface area contributed by atoms with Crippen LogP contribution in [0, 0.1) is 0 Å². The van der Waals surface area contributed by atoms with Gasteiger partial charge in [-0.25, -0.2) is 4.79 Å². The molecule has 7 heteroatoms. The van der Waals surface area contributed by atoms with E-state index in [-0.39, 0.29) is 11.1 Å². The van der Waals surface area contributed by atoms with Crippen LogP contribution >= 0.6 is 15.9 Å². The Balaban J connectivity index is 3.30. The molecule has 0 amide bonds. The molecule has 1 aromatic heterocycles. The summed E-state index contributed by atoms with van der Waals surface area (Å²) in [6, 6.07) is 1.25. The second-order valence-corrected chi connectivity index (χ2v) is 3.59. The molecular weight excluding hydrogens is 291 g/mol. The van der Waals surface area contributed by atoms with Gasteiger partial charge in [-0.2, -0.15) is 13.2 Å². The number of ether oxygens (including phenoxy) is 1. The number of esters is 1. The average molecular weight is 298 g/mol. The summed E-state index contributed by atoms with van der Waals surface area (Å²) >= 11 is 2.87. The number of carbonyl (C=O) groups excluding carboxylic acids is 1. The lowest BCUT2D eigenvalue weighted by Crippen LogP contribution is -2.17. The summed E-state index contributed by atoms with van der Waals surface area (Å²) in [6.45, 7) is 1.51. The van der Waals surface area contributed by atoms with E-state index in [4.69, 9.17) is 0 Å². The van der Waals surface area contributed by atoms with Crippen molar-refractivity contribution >= 4 is 21.9 Å². The van der Waals surface area contributed by atoms with E-state index in [1.54, 1.807) is 0 Å². The third-order valence-corrected chi connectivity index (χ3v) is 2.31. The fraction of sp³-hybridized carbons (Fsp3) is 0.333. The highest BCUT2D eigenvalue weighted by Crippen LogP contribution is 2.33. The van der Waals surface area contributed by atoms with Crippen LogP contribution in [0.4, 0.5) is 13.2 Å². The van der Waals surface area contributed by atoms with E-state index in [0.717, 1.165) is 6.20 Å². The van der Waals surface area contributed by atoms with Gasteiger partial charge in [0, 0.05) is 10.7 Å². The van der Waals surface area contributed by atoms with Crippen molar-refractivity contribution in [1.82, 2.24) is 4.98 Å². The molecule has 0 aliphatic heterocycles. The van der Waals surface area contributed by atoms with E-state index in [9.17, 15) is 18.0 Å². The van der Waals surface area contributed by atoms with Crippen LogP contribution in [-0.2, 0) is 10.9 Å². The van der Waals surface area contributed by atoms with E-state index in [2.05, 4.69) is 25.7 Å². The van der Waals surface area contributed by atoms with Crippen molar-refractivity contribution < 1.29 is 22.7 Å². The molecule has 16 heavy (non-hydrogen) atoms. The molecule has 0 atom stereocenters. The first-order valence-electron chi connectivity index (χ1n) is 4.26. The third kappa shape index (κ3) is 2.72. The molecule has 1 heterocycles. The lowest BCUT2D eigenvalue weighted by atomic mass is 10.2. The summed E-state index contributed by atoms with van der Waals surface area (Å²) in [5.41, 5.74) is -1.85. The third-order valence-electron chi connectivity index (χ3n) is 1.65. The molecule has 0 aliphatic rings. The molecule has 0 aliphatic carbocycles. The number of alkyl halides is 3. The Hall–Kier alpha value is -1.11. The first kappa shape index (κ1) is 13.0. The molecule has 0 fully saturated rings. The van der Waals surface area contributed by atoms with Crippen LogP contribution in [0.2, 0.25) is 0 Å². The second kappa shape index (κ2) is 4.82. The van der Waals surface area contributed by atoms with Crippen molar-refractivity contribution in [2.45, 2.75) is 13.1 Å². The Bertz CT molecular complexity index is 406. The number of halogens is 4. The first-order chi connectivity index (χ1) is 7.38. The Morgan fingerprint density at radius 3 is 2.69 bits per heavy atom. The highest BCUT2D eigenvalue weighted by atomic mass is 79.9. The first-order valence-corrected chi connectivity index (χ1v) is 5.06. The van der Waals surface area contributed by atoms with Gasteiger partial charge in [-0.3, -0.25) is 4.98 Å². The van der Waals surface area contributed by atoms with Gasteiger partial charge in [0.2, 0.25) is 0 Å². The van der Waals surface area contributed by atoms with Gasteiger partial charge >= 0.3 is 12.1 Å². The smallest absolute Gasteiger partial charge is 0.434 e. The Kier molecular flexibility index (Phi) is 3.90. The van der Waals surface area contributed by atoms with Crippen LogP contribution in [0.15, 0.2) is 16.7 Å². The van der Waals surface area contributed by atoms with Crippen LogP contribution in [0.5, 0.6) is 0 Å². The summed E-state index contributed by atoms with van der Waals surface area (Å²) in [5.74, 6) is -1.05. The maximum absolute atomic E-state index is 12.5. The molecule has 0 unspecified atom stereocenters. The van der Waals surface area contributed by atoms with Crippen LogP contribution in [-0.4, -0.2) is 17.6 Å². The fourth-order valence-corrected chi connectivity index (χ4v) is 1.52. The molecule has 3 nitrogen and oxygen atoms in total.